The highest BCUT2D eigenvalue weighted by molar-refractivity contribution is 5.97. The van der Waals surface area contributed by atoms with E-state index in [0.717, 1.165) is 12.8 Å². The van der Waals surface area contributed by atoms with Crippen molar-refractivity contribution in [1.29, 1.82) is 0 Å². The number of amides is 1. The summed E-state index contributed by atoms with van der Waals surface area (Å²) in [6, 6.07) is 0. The van der Waals surface area contributed by atoms with Gasteiger partial charge in [0.1, 0.15) is 5.69 Å². The van der Waals surface area contributed by atoms with Gasteiger partial charge in [-0.2, -0.15) is 5.10 Å². The molecular weight excluding hydrogens is 168 g/mol. The van der Waals surface area contributed by atoms with Gasteiger partial charge in [0.25, 0.3) is 5.91 Å². The van der Waals surface area contributed by atoms with Crippen molar-refractivity contribution in [2.75, 3.05) is 5.73 Å². The highest BCUT2D eigenvalue weighted by Gasteiger charge is 2.39. The number of aromatic nitrogens is 2. The van der Waals surface area contributed by atoms with Crippen LogP contribution in [0.2, 0.25) is 0 Å². The Labute approximate surface area is 75.7 Å². The molecule has 5 nitrogen and oxygen atoms in total. The molecule has 1 aromatic heterocycles. The fourth-order valence-corrected chi connectivity index (χ4v) is 1.13. The van der Waals surface area contributed by atoms with E-state index in [2.05, 4.69) is 15.5 Å². The largest absolute Gasteiger partial charge is 0.396 e. The Morgan fingerprint density at radius 2 is 2.46 bits per heavy atom. The molecule has 5 heteroatoms. The third-order valence-corrected chi connectivity index (χ3v) is 2.31. The molecule has 0 unspecified atom stereocenters. The lowest BCUT2D eigenvalue weighted by molar-refractivity contribution is 0.0931. The maximum atomic E-state index is 11.5. The van der Waals surface area contributed by atoms with Gasteiger partial charge in [-0.05, 0) is 19.8 Å². The lowest BCUT2D eigenvalue weighted by atomic mass is 10.3. The number of nitrogens with two attached hydrogens (primary N) is 1. The third-order valence-electron chi connectivity index (χ3n) is 2.31. The summed E-state index contributed by atoms with van der Waals surface area (Å²) in [4.78, 5) is 11.5. The van der Waals surface area contributed by atoms with E-state index in [1.807, 2.05) is 6.92 Å². The molecule has 0 atom stereocenters. The van der Waals surface area contributed by atoms with E-state index < -0.39 is 0 Å². The van der Waals surface area contributed by atoms with Crippen LogP contribution in [0.25, 0.3) is 0 Å². The second kappa shape index (κ2) is 2.48. The van der Waals surface area contributed by atoms with Crippen LogP contribution in [0, 0.1) is 0 Å². The smallest absolute Gasteiger partial charge is 0.271 e. The number of rotatable bonds is 2. The zero-order chi connectivity index (χ0) is 9.47. The predicted molar refractivity (Wildman–Crippen MR) is 48.1 cm³/mol. The highest BCUT2D eigenvalue weighted by atomic mass is 16.2. The molecule has 4 N–H and O–H groups in total. The van der Waals surface area contributed by atoms with Crippen LogP contribution in [-0.2, 0) is 0 Å². The molecule has 1 aromatic rings. The summed E-state index contributed by atoms with van der Waals surface area (Å²) in [5.74, 6) is -0.171. The van der Waals surface area contributed by atoms with Gasteiger partial charge < -0.3 is 11.1 Å². The van der Waals surface area contributed by atoms with Gasteiger partial charge in [0.2, 0.25) is 0 Å². The number of carbonyl (C=O) groups excluding carboxylic acids is 1. The minimum atomic E-state index is -0.171. The van der Waals surface area contributed by atoms with Crippen molar-refractivity contribution in [3.05, 3.63) is 11.9 Å². The first kappa shape index (κ1) is 8.10. The molecule has 1 saturated carbocycles. The van der Waals surface area contributed by atoms with E-state index in [4.69, 9.17) is 5.73 Å². The molecule has 0 aliphatic heterocycles. The second-order valence-electron chi connectivity index (χ2n) is 3.72. The summed E-state index contributed by atoms with van der Waals surface area (Å²) in [6.45, 7) is 2.01. The minimum Gasteiger partial charge on any atom is -0.396 e. The number of aromatic amines is 1. The molecular formula is C8H12N4O. The van der Waals surface area contributed by atoms with Gasteiger partial charge in [0, 0.05) is 5.54 Å². The molecule has 0 saturated heterocycles. The van der Waals surface area contributed by atoms with E-state index in [1.165, 1.54) is 6.20 Å². The van der Waals surface area contributed by atoms with Crippen LogP contribution in [0.5, 0.6) is 0 Å². The van der Waals surface area contributed by atoms with E-state index >= 15 is 0 Å². The fourth-order valence-electron chi connectivity index (χ4n) is 1.13. The van der Waals surface area contributed by atoms with E-state index in [-0.39, 0.29) is 11.4 Å². The molecule has 0 bridgehead atoms. The quantitative estimate of drug-likeness (QED) is 0.611. The number of hydrogen-bond acceptors (Lipinski definition) is 3. The van der Waals surface area contributed by atoms with Gasteiger partial charge in [-0.25, -0.2) is 0 Å². The number of nitrogens with zero attached hydrogens (tertiary/aromatic N) is 1. The lowest BCUT2D eigenvalue weighted by Gasteiger charge is -2.09. The number of nitrogens with one attached hydrogen (secondary N) is 2. The Hall–Kier alpha value is -1.52. The molecule has 0 radical (unpaired) electrons. The normalized spacial score (nSPS) is 18.2. The van der Waals surface area contributed by atoms with Crippen molar-refractivity contribution in [1.82, 2.24) is 15.5 Å². The molecule has 0 spiro atoms. The van der Waals surface area contributed by atoms with Gasteiger partial charge in [-0.15, -0.1) is 0 Å². The van der Waals surface area contributed by atoms with Crippen molar-refractivity contribution in [2.45, 2.75) is 25.3 Å². The summed E-state index contributed by atoms with van der Waals surface area (Å²) in [5.41, 5.74) is 6.25. The molecule has 0 aromatic carbocycles. The van der Waals surface area contributed by atoms with Crippen LogP contribution in [-0.4, -0.2) is 21.6 Å². The standard InChI is InChI=1S/C8H12N4O/c1-8(2-3-8)11-7(13)6-5(9)4-10-12-6/h4H,2-3,9H2,1H3,(H,10,12)(H,11,13). The fraction of sp³-hybridized carbons (Fsp3) is 0.500. The second-order valence-corrected chi connectivity index (χ2v) is 3.72. The number of anilines is 1. The van der Waals surface area contributed by atoms with Crippen molar-refractivity contribution in [3.8, 4) is 0 Å². The SMILES string of the molecule is CC1(NC(=O)c2[nH]ncc2N)CC1. The van der Waals surface area contributed by atoms with Crippen molar-refractivity contribution in [2.24, 2.45) is 0 Å². The van der Waals surface area contributed by atoms with Crippen molar-refractivity contribution >= 4 is 11.6 Å². The van der Waals surface area contributed by atoms with Gasteiger partial charge in [0.05, 0.1) is 11.9 Å². The topological polar surface area (TPSA) is 83.8 Å². The molecule has 1 aliphatic rings. The zero-order valence-corrected chi connectivity index (χ0v) is 7.42. The molecule has 70 valence electrons. The average molecular weight is 180 g/mol. The first-order valence-corrected chi connectivity index (χ1v) is 4.22. The van der Waals surface area contributed by atoms with Gasteiger partial charge >= 0.3 is 0 Å². The summed E-state index contributed by atoms with van der Waals surface area (Å²) in [7, 11) is 0. The molecule has 13 heavy (non-hydrogen) atoms. The molecule has 1 aliphatic carbocycles. The minimum absolute atomic E-state index is 0.0192. The highest BCUT2D eigenvalue weighted by Crippen LogP contribution is 2.34. The zero-order valence-electron chi connectivity index (χ0n) is 7.42. The van der Waals surface area contributed by atoms with Crippen molar-refractivity contribution in [3.63, 3.8) is 0 Å². The van der Waals surface area contributed by atoms with Crippen LogP contribution >= 0.6 is 0 Å². The summed E-state index contributed by atoms with van der Waals surface area (Å²) in [5, 5.41) is 9.13. The average Bonchev–Trinajstić information content (AvgIpc) is 2.63. The molecule has 1 amide bonds. The maximum absolute atomic E-state index is 11.5. The summed E-state index contributed by atoms with van der Waals surface area (Å²) in [6.07, 6.45) is 3.50. The Bertz CT molecular complexity index is 340. The number of carbonyl (C=O) groups is 1. The van der Waals surface area contributed by atoms with Crippen LogP contribution < -0.4 is 11.1 Å². The Morgan fingerprint density at radius 1 is 1.77 bits per heavy atom. The van der Waals surface area contributed by atoms with E-state index in [0.29, 0.717) is 11.4 Å². The predicted octanol–water partition coefficient (Wildman–Crippen LogP) is 0.274. The van der Waals surface area contributed by atoms with Crippen LogP contribution in [0.15, 0.2) is 6.20 Å². The van der Waals surface area contributed by atoms with Crippen LogP contribution in [0.4, 0.5) is 5.69 Å². The molecule has 1 heterocycles. The summed E-state index contributed by atoms with van der Waals surface area (Å²) < 4.78 is 0. The molecule has 2 rings (SSSR count). The van der Waals surface area contributed by atoms with Crippen LogP contribution in [0.3, 0.4) is 0 Å². The monoisotopic (exact) mass is 180 g/mol. The molecule has 1 fully saturated rings. The summed E-state index contributed by atoms with van der Waals surface area (Å²) >= 11 is 0. The van der Waals surface area contributed by atoms with E-state index in [9.17, 15) is 4.79 Å². The van der Waals surface area contributed by atoms with Gasteiger partial charge in [-0.3, -0.25) is 9.89 Å². The maximum Gasteiger partial charge on any atom is 0.271 e. The number of H-pyrrole nitrogens is 1. The number of nitrogen functional groups attached to an aromatic ring is 1. The third kappa shape index (κ3) is 1.49. The van der Waals surface area contributed by atoms with Crippen LogP contribution in [0.1, 0.15) is 30.3 Å². The van der Waals surface area contributed by atoms with Gasteiger partial charge in [0.15, 0.2) is 0 Å². The number of hydrogen-bond donors (Lipinski definition) is 3. The van der Waals surface area contributed by atoms with Gasteiger partial charge in [-0.1, -0.05) is 0 Å². The Morgan fingerprint density at radius 3 is 2.92 bits per heavy atom. The lowest BCUT2D eigenvalue weighted by Crippen LogP contribution is -2.34. The first-order chi connectivity index (χ1) is 6.11. The Kier molecular flexibility index (Phi) is 1.55. The Balaban J connectivity index is 2.09. The van der Waals surface area contributed by atoms with Crippen molar-refractivity contribution < 1.29 is 4.79 Å². The first-order valence-electron chi connectivity index (χ1n) is 4.22. The van der Waals surface area contributed by atoms with E-state index in [1.54, 1.807) is 0 Å².